The molecule has 0 N–H and O–H groups in total. The van der Waals surface area contributed by atoms with Gasteiger partial charge in [-0.3, -0.25) is 0 Å². The highest BCUT2D eigenvalue weighted by Crippen LogP contribution is 2.55. The first kappa shape index (κ1) is 28.0. The van der Waals surface area contributed by atoms with Crippen molar-refractivity contribution in [1.29, 1.82) is 0 Å². The Morgan fingerprint density at radius 1 is 0.578 bits per heavy atom. The van der Waals surface area contributed by atoms with Crippen molar-refractivity contribution < 1.29 is 9.47 Å². The highest BCUT2D eigenvalue weighted by Gasteiger charge is 2.42. The fraction of sp³-hybridized carbons (Fsp3) is 0.171. The number of terminal acetylenes is 3. The Morgan fingerprint density at radius 2 is 1.02 bits per heavy atom. The summed E-state index contributed by atoms with van der Waals surface area (Å²) in [6.07, 6.45) is 17.6. The normalized spacial score (nSPS) is 15.1. The van der Waals surface area contributed by atoms with Crippen LogP contribution in [0.15, 0.2) is 97.1 Å². The minimum atomic E-state index is -0.111. The number of hydrogen-bond acceptors (Lipinski definition) is 2. The Bertz CT molecular complexity index is 2150. The molecule has 45 heavy (non-hydrogen) atoms. The van der Waals surface area contributed by atoms with Crippen molar-refractivity contribution in [3.63, 3.8) is 0 Å². The third kappa shape index (κ3) is 4.53. The average molecular weight is 585 g/mol. The van der Waals surface area contributed by atoms with Crippen molar-refractivity contribution in [2.45, 2.75) is 31.8 Å². The first-order chi connectivity index (χ1) is 22.2. The SMILES string of the molecule is C#CCOc1ccc(C2c3c(n(CC#C)c4ccccc34)C(c3ccc(OCC)cc3)c3c2n(CC#C)c2ccccc32)cc1. The zero-order chi connectivity index (χ0) is 30.9. The molecule has 0 saturated carbocycles. The van der Waals surface area contributed by atoms with E-state index in [0.29, 0.717) is 19.7 Å². The number of nitrogens with zero attached hydrogens (tertiary/aromatic N) is 2. The Hall–Kier alpha value is -5.76. The average Bonchev–Trinajstić information content (AvgIpc) is 3.57. The van der Waals surface area contributed by atoms with Crippen LogP contribution in [0.5, 0.6) is 11.5 Å². The minimum Gasteiger partial charge on any atom is -0.494 e. The van der Waals surface area contributed by atoms with E-state index in [1.54, 1.807) is 0 Å². The Morgan fingerprint density at radius 3 is 1.44 bits per heavy atom. The molecule has 2 aromatic heterocycles. The highest BCUT2D eigenvalue weighted by molar-refractivity contribution is 5.94. The van der Waals surface area contributed by atoms with Gasteiger partial charge in [0.05, 0.1) is 31.5 Å². The van der Waals surface area contributed by atoms with Crippen LogP contribution in [0.2, 0.25) is 0 Å². The summed E-state index contributed by atoms with van der Waals surface area (Å²) in [6, 6.07) is 34.0. The molecule has 0 amide bonds. The predicted octanol–water partition coefficient (Wildman–Crippen LogP) is 7.95. The zero-order valence-electron chi connectivity index (χ0n) is 25.2. The maximum atomic E-state index is 6.07. The van der Waals surface area contributed by atoms with E-state index in [2.05, 4.69) is 112 Å². The van der Waals surface area contributed by atoms with Crippen LogP contribution in [-0.4, -0.2) is 22.3 Å². The second-order valence-electron chi connectivity index (χ2n) is 11.1. The van der Waals surface area contributed by atoms with E-state index in [9.17, 15) is 0 Å². The molecule has 1 aliphatic rings. The summed E-state index contributed by atoms with van der Waals surface area (Å²) in [5.74, 6) is 9.84. The Balaban J connectivity index is 1.61. The van der Waals surface area contributed by atoms with E-state index < -0.39 is 0 Å². The van der Waals surface area contributed by atoms with Gasteiger partial charge >= 0.3 is 0 Å². The van der Waals surface area contributed by atoms with Gasteiger partial charge in [-0.2, -0.15) is 0 Å². The third-order valence-electron chi connectivity index (χ3n) is 8.79. The van der Waals surface area contributed by atoms with Crippen LogP contribution in [-0.2, 0) is 13.1 Å². The van der Waals surface area contributed by atoms with Crippen molar-refractivity contribution in [1.82, 2.24) is 9.13 Å². The molecule has 2 atom stereocenters. The van der Waals surface area contributed by atoms with E-state index >= 15 is 0 Å². The number of fused-ring (bicyclic) bond motifs is 6. The first-order valence-corrected chi connectivity index (χ1v) is 15.2. The summed E-state index contributed by atoms with van der Waals surface area (Å²) >= 11 is 0. The molecule has 0 fully saturated rings. The van der Waals surface area contributed by atoms with Crippen LogP contribution in [0.4, 0.5) is 0 Å². The summed E-state index contributed by atoms with van der Waals surface area (Å²) in [6.45, 7) is 3.73. The Kier molecular flexibility index (Phi) is 7.31. The predicted molar refractivity (Wildman–Crippen MR) is 182 cm³/mol. The van der Waals surface area contributed by atoms with Crippen LogP contribution >= 0.6 is 0 Å². The molecule has 2 unspecified atom stereocenters. The lowest BCUT2D eigenvalue weighted by Crippen LogP contribution is -2.23. The van der Waals surface area contributed by atoms with Gasteiger partial charge in [-0.05, 0) is 65.6 Å². The maximum Gasteiger partial charge on any atom is 0.148 e. The lowest BCUT2D eigenvalue weighted by Gasteiger charge is -2.34. The lowest BCUT2D eigenvalue weighted by molar-refractivity contribution is 0.340. The summed E-state index contributed by atoms with van der Waals surface area (Å²) in [5, 5.41) is 2.36. The molecule has 0 spiro atoms. The first-order valence-electron chi connectivity index (χ1n) is 15.2. The van der Waals surface area contributed by atoms with Crippen LogP contribution < -0.4 is 9.47 Å². The molecule has 0 bridgehead atoms. The van der Waals surface area contributed by atoms with E-state index in [1.165, 1.54) is 38.9 Å². The lowest BCUT2D eigenvalue weighted by atomic mass is 9.72. The van der Waals surface area contributed by atoms with Crippen molar-refractivity contribution >= 4 is 21.8 Å². The van der Waals surface area contributed by atoms with Gasteiger partial charge in [0.15, 0.2) is 0 Å². The molecule has 4 heteroatoms. The van der Waals surface area contributed by atoms with Crippen LogP contribution in [0, 0.1) is 37.0 Å². The number of rotatable bonds is 8. The summed E-state index contributed by atoms with van der Waals surface area (Å²) in [7, 11) is 0. The van der Waals surface area contributed by atoms with E-state index in [1.807, 2.05) is 19.1 Å². The quantitative estimate of drug-likeness (QED) is 0.170. The van der Waals surface area contributed by atoms with Crippen molar-refractivity contribution in [2.75, 3.05) is 13.2 Å². The molecule has 7 rings (SSSR count). The molecule has 1 aliphatic carbocycles. The third-order valence-corrected chi connectivity index (χ3v) is 8.79. The number of para-hydroxylation sites is 2. The fourth-order valence-corrected chi connectivity index (χ4v) is 7.18. The van der Waals surface area contributed by atoms with Gasteiger partial charge in [0, 0.05) is 33.2 Å². The van der Waals surface area contributed by atoms with Gasteiger partial charge < -0.3 is 18.6 Å². The fourth-order valence-electron chi connectivity index (χ4n) is 7.18. The van der Waals surface area contributed by atoms with E-state index in [-0.39, 0.29) is 18.4 Å². The Labute approximate surface area is 264 Å². The number of ether oxygens (including phenoxy) is 2. The van der Waals surface area contributed by atoms with Gasteiger partial charge in [0.1, 0.15) is 18.1 Å². The van der Waals surface area contributed by atoms with Crippen molar-refractivity contribution in [3.05, 3.63) is 131 Å². The smallest absolute Gasteiger partial charge is 0.148 e. The van der Waals surface area contributed by atoms with Crippen LogP contribution in [0.3, 0.4) is 0 Å². The summed E-state index contributed by atoms with van der Waals surface area (Å²) in [4.78, 5) is 0. The second-order valence-corrected chi connectivity index (χ2v) is 11.1. The second kappa shape index (κ2) is 11.7. The van der Waals surface area contributed by atoms with Crippen LogP contribution in [0.1, 0.15) is 52.4 Å². The van der Waals surface area contributed by atoms with E-state index in [0.717, 1.165) is 28.1 Å². The molecule has 0 aliphatic heterocycles. The molecule has 4 aromatic carbocycles. The summed E-state index contributed by atoms with van der Waals surface area (Å²) in [5.41, 5.74) is 9.43. The van der Waals surface area contributed by atoms with Gasteiger partial charge in [0.2, 0.25) is 0 Å². The van der Waals surface area contributed by atoms with E-state index in [4.69, 9.17) is 28.7 Å². The van der Waals surface area contributed by atoms with Gasteiger partial charge in [0.25, 0.3) is 0 Å². The van der Waals surface area contributed by atoms with Crippen molar-refractivity contribution in [2.24, 2.45) is 0 Å². The number of aromatic nitrogens is 2. The summed E-state index contributed by atoms with van der Waals surface area (Å²) < 4.78 is 16.2. The molecule has 4 nitrogen and oxygen atoms in total. The largest absolute Gasteiger partial charge is 0.494 e. The molecular formula is C41H32N2O2. The number of benzene rings is 4. The minimum absolute atomic E-state index is 0.0927. The molecule has 6 aromatic rings. The van der Waals surface area contributed by atoms with Gasteiger partial charge in [-0.25, -0.2) is 0 Å². The van der Waals surface area contributed by atoms with Gasteiger partial charge in [-0.15, -0.1) is 19.3 Å². The molecule has 0 radical (unpaired) electrons. The molecule has 2 heterocycles. The molecule has 0 saturated heterocycles. The maximum absolute atomic E-state index is 6.07. The number of hydrogen-bond donors (Lipinski definition) is 0. The molecular weight excluding hydrogens is 552 g/mol. The molecule has 218 valence electrons. The topological polar surface area (TPSA) is 28.3 Å². The standard InChI is InChI=1S/C41H32N2O2/c1-5-25-42-35-16-12-10-14-33(35)39-37(29-19-23-31(24-20-29)45-27-7-3)41-38(32-13-9-11-15-34(32)43(41)26-6-2)36(40(39)42)28-17-21-30(22-18-28)44-8-4/h1-3,9-24,36-37H,8,25-27H2,4H3. The van der Waals surface area contributed by atoms with Crippen molar-refractivity contribution in [3.8, 4) is 48.5 Å². The monoisotopic (exact) mass is 584 g/mol. The zero-order valence-corrected chi connectivity index (χ0v) is 25.2. The van der Waals surface area contributed by atoms with Gasteiger partial charge in [-0.1, -0.05) is 78.4 Å². The van der Waals surface area contributed by atoms with Crippen LogP contribution in [0.25, 0.3) is 21.8 Å². The highest BCUT2D eigenvalue weighted by atomic mass is 16.5.